The Morgan fingerprint density at radius 1 is 0.772 bits per heavy atom. The van der Waals surface area contributed by atoms with Crippen LogP contribution >= 0.6 is 0 Å². The molecule has 428 valence electrons. The van der Waals surface area contributed by atoms with E-state index in [2.05, 4.69) is 26.6 Å². The predicted molar refractivity (Wildman–Crippen MR) is 275 cm³/mol. The molecule has 8 N–H and O–H groups in total. The fourth-order valence-electron chi connectivity index (χ4n) is 10.8. The summed E-state index contributed by atoms with van der Waals surface area (Å²) in [7, 11) is 0. The van der Waals surface area contributed by atoms with Crippen LogP contribution in [0.2, 0.25) is 0 Å². The second-order valence-electron chi connectivity index (χ2n) is 20.3. The molecule has 4 unspecified atom stereocenters. The number of amides is 8. The lowest BCUT2D eigenvalue weighted by Crippen LogP contribution is -2.59. The molecule has 1 aromatic rings. The number of nitrogens with one attached hydrogen (secondary N) is 5. The lowest BCUT2D eigenvalue weighted by molar-refractivity contribution is -0.167. The number of anilines is 1. The first kappa shape index (κ1) is 60.7. The van der Waals surface area contributed by atoms with Gasteiger partial charge in [-0.05, 0) is 81.2 Å². The van der Waals surface area contributed by atoms with Crippen LogP contribution in [0.25, 0.3) is 0 Å². The summed E-state index contributed by atoms with van der Waals surface area (Å²) >= 11 is 0. The number of carbonyl (C=O) groups excluding carboxylic acids is 12. The molecule has 0 aromatic heterocycles. The maximum Gasteiger partial charge on any atom is 0.509 e. The molecule has 1 aromatic carbocycles. The van der Waals surface area contributed by atoms with E-state index >= 15 is 0 Å². The molecule has 8 amide bonds. The first-order valence-electron chi connectivity index (χ1n) is 26.2. The fourth-order valence-corrected chi connectivity index (χ4v) is 10.8. The van der Waals surface area contributed by atoms with Crippen molar-refractivity contribution in [1.29, 1.82) is 0 Å². The second-order valence-corrected chi connectivity index (χ2v) is 20.3. The van der Waals surface area contributed by atoms with Gasteiger partial charge in [0.25, 0.3) is 11.8 Å². The zero-order valence-electron chi connectivity index (χ0n) is 44.4. The number of hydrogen-bond donors (Lipinski definition) is 7. The lowest BCUT2D eigenvalue weighted by atomic mass is 9.50. The average Bonchev–Trinajstić information content (AvgIpc) is 4.15. The van der Waals surface area contributed by atoms with E-state index in [1.807, 2.05) is 0 Å². The smallest absolute Gasteiger partial charge is 0.429 e. The van der Waals surface area contributed by atoms with Crippen LogP contribution in [-0.2, 0) is 83.0 Å². The molecular formula is C54H69N7O18. The highest BCUT2D eigenvalue weighted by Gasteiger charge is 2.67. The highest BCUT2D eigenvalue weighted by molar-refractivity contribution is 6.13. The first-order chi connectivity index (χ1) is 37.6. The highest BCUT2D eigenvalue weighted by Crippen LogP contribution is 2.63. The Kier molecular flexibility index (Phi) is 21.5. The van der Waals surface area contributed by atoms with Crippen molar-refractivity contribution in [3.8, 4) is 0 Å². The number of imide groups is 1. The quantitative estimate of drug-likeness (QED) is 0.0313. The molecule has 0 saturated heterocycles. The molecule has 9 atom stereocenters. The van der Waals surface area contributed by atoms with Crippen molar-refractivity contribution in [2.24, 2.45) is 34.8 Å². The van der Waals surface area contributed by atoms with E-state index in [1.54, 1.807) is 19.1 Å². The molecule has 1 aliphatic heterocycles. The third kappa shape index (κ3) is 16.1. The number of rotatable bonds is 29. The molecule has 0 spiro atoms. The van der Waals surface area contributed by atoms with Crippen LogP contribution in [0, 0.1) is 29.1 Å². The summed E-state index contributed by atoms with van der Waals surface area (Å²) in [5, 5.41) is 24.4. The summed E-state index contributed by atoms with van der Waals surface area (Å²) < 4.78 is 26.5. The van der Waals surface area contributed by atoms with Crippen LogP contribution < -0.4 is 32.3 Å². The number of ketones is 3. The molecule has 4 aliphatic carbocycles. The third-order valence-electron chi connectivity index (χ3n) is 15.0. The first-order valence-corrected chi connectivity index (χ1v) is 26.2. The van der Waals surface area contributed by atoms with Gasteiger partial charge >= 0.3 is 6.16 Å². The van der Waals surface area contributed by atoms with Crippen LogP contribution in [0.15, 0.2) is 60.2 Å². The average molecular weight is 1100 g/mol. The Morgan fingerprint density at radius 2 is 1.42 bits per heavy atom. The SMILES string of the molecule is C[C@H](NC(=O)CCOCCOCCOCCNC(=O)CCN1C(=O)C=CC1=O)C(=O)N[C@@H](C)C(=O)N[C@H](CC(N)=O)C(=O)Nc1ccc(COC(=O)OCC(=O)C2(O)CCC3[C@H]4CCC5=CC(=O)C=CC5C4C(=O)C[C@]32C)cc1. The third-order valence-corrected chi connectivity index (χ3v) is 15.0. The molecular weight excluding hydrogens is 1030 g/mol. The molecule has 0 bridgehead atoms. The number of nitrogens with two attached hydrogens (primary N) is 1. The van der Waals surface area contributed by atoms with Crippen molar-refractivity contribution in [3.05, 3.63) is 65.8 Å². The van der Waals surface area contributed by atoms with Gasteiger partial charge in [0.05, 0.1) is 46.1 Å². The van der Waals surface area contributed by atoms with Crippen molar-refractivity contribution in [3.63, 3.8) is 0 Å². The zero-order valence-corrected chi connectivity index (χ0v) is 44.4. The van der Waals surface area contributed by atoms with E-state index < -0.39 is 95.5 Å². The summed E-state index contributed by atoms with van der Waals surface area (Å²) in [6, 6.07) is 2.15. The minimum atomic E-state index is -1.91. The van der Waals surface area contributed by atoms with E-state index in [0.717, 1.165) is 22.6 Å². The lowest BCUT2D eigenvalue weighted by Gasteiger charge is -2.53. The van der Waals surface area contributed by atoms with Gasteiger partial charge in [-0.3, -0.25) is 57.6 Å². The van der Waals surface area contributed by atoms with Gasteiger partial charge in [-0.15, -0.1) is 0 Å². The number of Topliss-reactive ketones (excluding diaryl/α,β-unsaturated/α-hetero) is 2. The molecule has 5 aliphatic rings. The van der Waals surface area contributed by atoms with Crippen LogP contribution in [0.4, 0.5) is 10.5 Å². The molecule has 79 heavy (non-hydrogen) atoms. The number of hydrogen-bond acceptors (Lipinski definition) is 18. The van der Waals surface area contributed by atoms with Gasteiger partial charge in [0.15, 0.2) is 12.4 Å². The predicted octanol–water partition coefficient (Wildman–Crippen LogP) is -0.0839. The monoisotopic (exact) mass is 1100 g/mol. The molecule has 3 fully saturated rings. The van der Waals surface area contributed by atoms with E-state index in [4.69, 9.17) is 29.4 Å². The number of benzene rings is 1. The minimum absolute atomic E-state index is 0.00952. The van der Waals surface area contributed by atoms with Crippen LogP contribution in [0.1, 0.15) is 77.7 Å². The molecule has 25 heteroatoms. The molecule has 25 nitrogen and oxygen atoms in total. The molecule has 3 saturated carbocycles. The number of fused-ring (bicyclic) bond motifs is 5. The number of ether oxygens (including phenoxy) is 5. The minimum Gasteiger partial charge on any atom is -0.429 e. The van der Waals surface area contributed by atoms with Gasteiger partial charge in [-0.25, -0.2) is 4.79 Å². The topological polar surface area (TPSA) is 361 Å². The normalized spacial score (nSPS) is 23.9. The standard InChI is InChI=1S/C54H69N7O18/c1-31(57-45(67)16-20-75-22-24-77-25-23-76-21-18-56-44(66)15-19-61-46(68)12-13-47(61)69)49(70)58-32(2)50(71)60-40(27-43(55)65)51(72)59-35-7-4-33(5-8-35)29-78-52(73)79-30-42(64)54(74)17-14-39-38-10-6-34-26-36(62)9-11-37(34)48(38)41(63)28-53(39,54)3/h4-5,7-9,11-13,26,31-32,37-40,48,74H,6,10,14-25,27-30H2,1-3H3,(H2,55,65)(H,56,66)(H,57,67)(H,58,70)(H,59,72)(H,60,71)/t31-,32-,37?,38+,39?,40+,48?,53+,54?/m0/s1. The Balaban J connectivity index is 0.821. The number of primary amides is 1. The zero-order chi connectivity index (χ0) is 57.4. The van der Waals surface area contributed by atoms with E-state index in [0.29, 0.717) is 24.8 Å². The molecule has 1 heterocycles. The van der Waals surface area contributed by atoms with Gasteiger partial charge in [0.2, 0.25) is 41.2 Å². The van der Waals surface area contributed by atoms with Gasteiger partial charge in [0, 0.05) is 67.4 Å². The van der Waals surface area contributed by atoms with Gasteiger partial charge in [-0.1, -0.05) is 30.7 Å². The van der Waals surface area contributed by atoms with Crippen LogP contribution in [0.5, 0.6) is 0 Å². The number of carbonyl (C=O) groups is 12. The van der Waals surface area contributed by atoms with Gasteiger partial charge in [-0.2, -0.15) is 0 Å². The summed E-state index contributed by atoms with van der Waals surface area (Å²) in [5.74, 6) is -6.62. The molecule has 6 rings (SSSR count). The summed E-state index contributed by atoms with van der Waals surface area (Å²) in [6.07, 6.45) is 7.24. The Hall–Kier alpha value is -7.48. The number of nitrogens with zero attached hydrogens (tertiary/aromatic N) is 1. The van der Waals surface area contributed by atoms with E-state index in [1.165, 1.54) is 44.2 Å². The maximum absolute atomic E-state index is 13.7. The van der Waals surface area contributed by atoms with Crippen molar-refractivity contribution >= 4 is 76.4 Å². The molecule has 0 radical (unpaired) electrons. The van der Waals surface area contributed by atoms with Crippen LogP contribution in [0.3, 0.4) is 0 Å². The van der Waals surface area contributed by atoms with Crippen LogP contribution in [-0.4, -0.2) is 164 Å². The second kappa shape index (κ2) is 27.9. The van der Waals surface area contributed by atoms with E-state index in [-0.39, 0.29) is 132 Å². The number of aliphatic hydroxyl groups is 1. The summed E-state index contributed by atoms with van der Waals surface area (Å²) in [5.41, 5.74) is 4.01. The largest absolute Gasteiger partial charge is 0.509 e. The maximum atomic E-state index is 13.7. The Labute approximate surface area is 455 Å². The fraction of sp³-hybridized carbons (Fsp3) is 0.556. The summed E-state index contributed by atoms with van der Waals surface area (Å²) in [4.78, 5) is 151. The van der Waals surface area contributed by atoms with E-state index in [9.17, 15) is 62.6 Å². The summed E-state index contributed by atoms with van der Waals surface area (Å²) in [6.45, 7) is 4.72. The van der Waals surface area contributed by atoms with Crippen molar-refractivity contribution in [2.75, 3.05) is 64.7 Å². The Bertz CT molecular complexity index is 2600. The Morgan fingerprint density at radius 3 is 2.10 bits per heavy atom. The number of allylic oxidation sites excluding steroid dienone is 4. The van der Waals surface area contributed by atoms with Crippen molar-refractivity contribution in [2.45, 2.75) is 102 Å². The van der Waals surface area contributed by atoms with Gasteiger partial charge in [0.1, 0.15) is 36.1 Å². The van der Waals surface area contributed by atoms with Crippen molar-refractivity contribution in [1.82, 2.24) is 26.2 Å². The highest BCUT2D eigenvalue weighted by atomic mass is 16.7. The van der Waals surface area contributed by atoms with Crippen molar-refractivity contribution < 1.29 is 86.3 Å². The van der Waals surface area contributed by atoms with Gasteiger partial charge < -0.3 is 61.1 Å².